The Morgan fingerprint density at radius 2 is 2.10 bits per heavy atom. The summed E-state index contributed by atoms with van der Waals surface area (Å²) >= 11 is 0. The third-order valence-electron chi connectivity index (χ3n) is 3.61. The zero-order valence-electron chi connectivity index (χ0n) is 11.9. The molecule has 1 aliphatic rings. The quantitative estimate of drug-likeness (QED) is 0.851. The molecule has 3 heterocycles. The van der Waals surface area contributed by atoms with Crippen LogP contribution in [0.15, 0.2) is 24.7 Å². The van der Waals surface area contributed by atoms with Crippen molar-refractivity contribution in [2.75, 3.05) is 18.0 Å². The maximum absolute atomic E-state index is 8.82. The van der Waals surface area contributed by atoms with Crippen molar-refractivity contribution in [3.8, 4) is 11.8 Å². The lowest BCUT2D eigenvalue weighted by Gasteiger charge is -2.40. The summed E-state index contributed by atoms with van der Waals surface area (Å²) in [6.07, 6.45) is 3.28. The maximum Gasteiger partial charge on any atom is 0.144 e. The van der Waals surface area contributed by atoms with Gasteiger partial charge in [0.25, 0.3) is 0 Å². The van der Waals surface area contributed by atoms with Gasteiger partial charge in [-0.15, -0.1) is 0 Å². The van der Waals surface area contributed by atoms with Crippen LogP contribution in [0.3, 0.4) is 0 Å². The number of ether oxygens (including phenoxy) is 1. The van der Waals surface area contributed by atoms with E-state index in [4.69, 9.17) is 10.00 Å². The fourth-order valence-electron chi connectivity index (χ4n) is 2.27. The fourth-order valence-corrected chi connectivity index (χ4v) is 2.27. The van der Waals surface area contributed by atoms with E-state index in [-0.39, 0.29) is 6.10 Å². The molecule has 0 bridgehead atoms. The highest BCUT2D eigenvalue weighted by Gasteiger charge is 2.30. The van der Waals surface area contributed by atoms with Gasteiger partial charge in [0, 0.05) is 23.5 Å². The molecule has 21 heavy (non-hydrogen) atoms. The Labute approximate surface area is 123 Å². The van der Waals surface area contributed by atoms with Crippen LogP contribution in [-0.2, 0) is 0 Å². The predicted molar refractivity (Wildman–Crippen MR) is 77.1 cm³/mol. The number of anilines is 1. The molecule has 0 spiro atoms. The summed E-state index contributed by atoms with van der Waals surface area (Å²) in [5, 5.41) is 8.82. The van der Waals surface area contributed by atoms with E-state index < -0.39 is 0 Å². The Kier molecular flexibility index (Phi) is 3.40. The molecule has 6 heteroatoms. The van der Waals surface area contributed by atoms with Crippen molar-refractivity contribution in [2.45, 2.75) is 20.0 Å². The lowest BCUT2D eigenvalue weighted by atomic mass is 10.1. The maximum atomic E-state index is 8.82. The molecule has 0 radical (unpaired) electrons. The molecule has 2 aromatic heterocycles. The van der Waals surface area contributed by atoms with Crippen LogP contribution in [0.5, 0.6) is 5.75 Å². The van der Waals surface area contributed by atoms with Gasteiger partial charge < -0.3 is 9.64 Å². The standard InChI is InChI=1S/C15H15N5O/c1-10-11(2)18-9-19-15(10)20-7-14(8-20)21-13-3-4-17-12(5-13)6-16/h3-5,9,14H,7-8H2,1-2H3. The van der Waals surface area contributed by atoms with E-state index in [1.165, 1.54) is 0 Å². The molecule has 0 aliphatic carbocycles. The van der Waals surface area contributed by atoms with E-state index in [0.717, 1.165) is 30.2 Å². The second kappa shape index (κ2) is 5.37. The van der Waals surface area contributed by atoms with E-state index in [1.54, 1.807) is 24.7 Å². The van der Waals surface area contributed by atoms with Crippen LogP contribution in [0, 0.1) is 25.2 Å². The number of aryl methyl sites for hydroxylation is 1. The Balaban J connectivity index is 1.63. The summed E-state index contributed by atoms with van der Waals surface area (Å²) in [4.78, 5) is 14.6. The van der Waals surface area contributed by atoms with Crippen molar-refractivity contribution in [2.24, 2.45) is 0 Å². The average molecular weight is 281 g/mol. The molecule has 106 valence electrons. The van der Waals surface area contributed by atoms with Gasteiger partial charge in [-0.05, 0) is 19.9 Å². The lowest BCUT2D eigenvalue weighted by molar-refractivity contribution is 0.166. The molecule has 3 rings (SSSR count). The monoisotopic (exact) mass is 281 g/mol. The highest BCUT2D eigenvalue weighted by atomic mass is 16.5. The Hall–Kier alpha value is -2.68. The van der Waals surface area contributed by atoms with Gasteiger partial charge in [-0.3, -0.25) is 0 Å². The number of aromatic nitrogens is 3. The van der Waals surface area contributed by atoms with Crippen LogP contribution in [-0.4, -0.2) is 34.1 Å². The normalized spacial score (nSPS) is 14.4. The summed E-state index contributed by atoms with van der Waals surface area (Å²) in [7, 11) is 0. The highest BCUT2D eigenvalue weighted by molar-refractivity contribution is 5.50. The van der Waals surface area contributed by atoms with Crippen LogP contribution >= 0.6 is 0 Å². The number of hydrogen-bond acceptors (Lipinski definition) is 6. The summed E-state index contributed by atoms with van der Waals surface area (Å²) in [5.74, 6) is 1.65. The number of rotatable bonds is 3. The van der Waals surface area contributed by atoms with Crippen molar-refractivity contribution in [3.63, 3.8) is 0 Å². The summed E-state index contributed by atoms with van der Waals surface area (Å²) < 4.78 is 5.84. The van der Waals surface area contributed by atoms with Crippen LogP contribution in [0.1, 0.15) is 17.0 Å². The van der Waals surface area contributed by atoms with Crippen molar-refractivity contribution < 1.29 is 4.74 Å². The van der Waals surface area contributed by atoms with Crippen molar-refractivity contribution in [1.82, 2.24) is 15.0 Å². The van der Waals surface area contributed by atoms with E-state index in [1.807, 2.05) is 19.9 Å². The zero-order chi connectivity index (χ0) is 14.8. The molecule has 0 aromatic carbocycles. The number of pyridine rings is 1. The molecule has 0 atom stereocenters. The molecule has 0 unspecified atom stereocenters. The highest BCUT2D eigenvalue weighted by Crippen LogP contribution is 2.25. The van der Waals surface area contributed by atoms with Gasteiger partial charge in [0.2, 0.25) is 0 Å². The van der Waals surface area contributed by atoms with Crippen molar-refractivity contribution in [1.29, 1.82) is 5.26 Å². The molecule has 2 aromatic rings. The third kappa shape index (κ3) is 2.63. The first-order valence-electron chi connectivity index (χ1n) is 6.73. The number of hydrogen-bond donors (Lipinski definition) is 0. The molecule has 0 amide bonds. The molecule has 1 aliphatic heterocycles. The predicted octanol–water partition coefficient (Wildman–Crippen LogP) is 1.63. The minimum Gasteiger partial charge on any atom is -0.487 e. The first kappa shape index (κ1) is 13.3. The van der Waals surface area contributed by atoms with E-state index in [9.17, 15) is 0 Å². The minimum absolute atomic E-state index is 0.105. The number of nitrogens with zero attached hydrogens (tertiary/aromatic N) is 5. The van der Waals surface area contributed by atoms with E-state index >= 15 is 0 Å². The summed E-state index contributed by atoms with van der Waals surface area (Å²) in [5.41, 5.74) is 2.47. The van der Waals surface area contributed by atoms with Crippen LogP contribution in [0.4, 0.5) is 5.82 Å². The molecule has 0 N–H and O–H groups in total. The van der Waals surface area contributed by atoms with Gasteiger partial charge in [-0.2, -0.15) is 5.26 Å². The second-order valence-electron chi connectivity index (χ2n) is 5.04. The Morgan fingerprint density at radius 1 is 1.29 bits per heavy atom. The smallest absolute Gasteiger partial charge is 0.144 e. The average Bonchev–Trinajstić information content (AvgIpc) is 2.46. The Morgan fingerprint density at radius 3 is 2.86 bits per heavy atom. The number of nitriles is 1. The lowest BCUT2D eigenvalue weighted by Crippen LogP contribution is -2.54. The van der Waals surface area contributed by atoms with Crippen LogP contribution in [0.2, 0.25) is 0 Å². The van der Waals surface area contributed by atoms with Gasteiger partial charge in [-0.25, -0.2) is 15.0 Å². The van der Waals surface area contributed by atoms with Gasteiger partial charge in [0.05, 0.1) is 13.1 Å². The van der Waals surface area contributed by atoms with Gasteiger partial charge >= 0.3 is 0 Å². The minimum atomic E-state index is 0.105. The third-order valence-corrected chi connectivity index (χ3v) is 3.61. The molecule has 6 nitrogen and oxygen atoms in total. The first-order valence-corrected chi connectivity index (χ1v) is 6.73. The van der Waals surface area contributed by atoms with Gasteiger partial charge in [0.15, 0.2) is 0 Å². The topological polar surface area (TPSA) is 74.9 Å². The van der Waals surface area contributed by atoms with Crippen molar-refractivity contribution in [3.05, 3.63) is 41.6 Å². The van der Waals surface area contributed by atoms with E-state index in [2.05, 4.69) is 19.9 Å². The first-order chi connectivity index (χ1) is 10.2. The SMILES string of the molecule is Cc1ncnc(N2CC(Oc3ccnc(C#N)c3)C2)c1C. The molecule has 1 fully saturated rings. The summed E-state index contributed by atoms with van der Waals surface area (Å²) in [6, 6.07) is 5.43. The van der Waals surface area contributed by atoms with Crippen LogP contribution < -0.4 is 9.64 Å². The van der Waals surface area contributed by atoms with Crippen molar-refractivity contribution >= 4 is 5.82 Å². The molecular weight excluding hydrogens is 266 g/mol. The largest absolute Gasteiger partial charge is 0.487 e. The summed E-state index contributed by atoms with van der Waals surface area (Å²) in [6.45, 7) is 5.57. The molecule has 1 saturated heterocycles. The zero-order valence-corrected chi connectivity index (χ0v) is 11.9. The van der Waals surface area contributed by atoms with E-state index in [0.29, 0.717) is 11.4 Å². The molecule has 0 saturated carbocycles. The van der Waals surface area contributed by atoms with Crippen LogP contribution in [0.25, 0.3) is 0 Å². The van der Waals surface area contributed by atoms with Gasteiger partial charge in [0.1, 0.15) is 35.8 Å². The van der Waals surface area contributed by atoms with Gasteiger partial charge in [-0.1, -0.05) is 0 Å². The fraction of sp³-hybridized carbons (Fsp3) is 0.333. The Bertz CT molecular complexity index is 703. The second-order valence-corrected chi connectivity index (χ2v) is 5.04. The molecular formula is C15H15N5O.